The number of carbonyl (C=O) groups is 2. The van der Waals surface area contributed by atoms with Crippen molar-refractivity contribution in [3.63, 3.8) is 0 Å². The van der Waals surface area contributed by atoms with E-state index in [2.05, 4.69) is 16.4 Å². The number of carbonyl (C=O) groups excluding carboxylic acids is 2. The minimum Gasteiger partial charge on any atom is -0.378 e. The van der Waals surface area contributed by atoms with Crippen LogP contribution in [0.3, 0.4) is 0 Å². The summed E-state index contributed by atoms with van der Waals surface area (Å²) < 4.78 is 7.17. The van der Waals surface area contributed by atoms with Gasteiger partial charge in [0.25, 0.3) is 0 Å². The molecule has 0 radical (unpaired) electrons. The van der Waals surface area contributed by atoms with Crippen molar-refractivity contribution in [2.45, 2.75) is 39.3 Å². The summed E-state index contributed by atoms with van der Waals surface area (Å²) >= 11 is 0. The van der Waals surface area contributed by atoms with Crippen LogP contribution in [0.4, 0.5) is 0 Å². The average molecular weight is 397 g/mol. The lowest BCUT2D eigenvalue weighted by Gasteiger charge is -2.28. The van der Waals surface area contributed by atoms with Gasteiger partial charge >= 0.3 is 0 Å². The molecular weight excluding hydrogens is 370 g/mol. The number of aromatic nitrogens is 3. The Hall–Kier alpha value is -2.74. The molecule has 0 spiro atoms. The Labute approximate surface area is 170 Å². The predicted octanol–water partition coefficient (Wildman–Crippen LogP) is 0.963. The van der Waals surface area contributed by atoms with Crippen molar-refractivity contribution >= 4 is 11.8 Å². The minimum atomic E-state index is 0.110. The minimum absolute atomic E-state index is 0.110. The first-order chi connectivity index (χ1) is 14.1. The van der Waals surface area contributed by atoms with E-state index in [1.807, 2.05) is 39.6 Å². The Balaban J connectivity index is 1.36. The number of hydrogen-bond acceptors (Lipinski definition) is 5. The molecule has 0 aliphatic carbocycles. The van der Waals surface area contributed by atoms with Crippen molar-refractivity contribution in [1.29, 1.82) is 0 Å². The van der Waals surface area contributed by atoms with Crippen LogP contribution in [0.2, 0.25) is 0 Å². The molecule has 1 saturated heterocycles. The van der Waals surface area contributed by atoms with Crippen molar-refractivity contribution in [3.05, 3.63) is 46.8 Å². The van der Waals surface area contributed by atoms with Gasteiger partial charge in [0.05, 0.1) is 44.1 Å². The molecule has 1 fully saturated rings. The van der Waals surface area contributed by atoms with Crippen LogP contribution in [0.1, 0.15) is 28.9 Å². The molecule has 8 nitrogen and oxygen atoms in total. The standard InChI is InChI=1S/C21H27N5O3/c1-16-3-2-4-17(13-16)14-21(28)25-7-8-26-19(15-25)18(22-23-26)5-6-20(27)24-9-11-29-12-10-24/h2-4,13H,5-12,14-15H2,1H3. The van der Waals surface area contributed by atoms with Gasteiger partial charge in [-0.1, -0.05) is 35.0 Å². The maximum absolute atomic E-state index is 12.8. The molecule has 0 N–H and O–H groups in total. The van der Waals surface area contributed by atoms with Crippen LogP contribution < -0.4 is 0 Å². The molecule has 29 heavy (non-hydrogen) atoms. The van der Waals surface area contributed by atoms with Crippen molar-refractivity contribution in [2.24, 2.45) is 0 Å². The van der Waals surface area contributed by atoms with Crippen LogP contribution in [0.15, 0.2) is 24.3 Å². The van der Waals surface area contributed by atoms with Crippen LogP contribution in [0.25, 0.3) is 0 Å². The third kappa shape index (κ3) is 4.64. The highest BCUT2D eigenvalue weighted by Crippen LogP contribution is 2.18. The molecule has 1 aromatic carbocycles. The monoisotopic (exact) mass is 397 g/mol. The first-order valence-corrected chi connectivity index (χ1v) is 10.2. The quantitative estimate of drug-likeness (QED) is 0.751. The average Bonchev–Trinajstić information content (AvgIpc) is 3.15. The lowest BCUT2D eigenvalue weighted by molar-refractivity contribution is -0.135. The number of fused-ring (bicyclic) bond motifs is 1. The summed E-state index contributed by atoms with van der Waals surface area (Å²) in [6, 6.07) is 8.06. The van der Waals surface area contributed by atoms with Gasteiger partial charge in [-0.2, -0.15) is 0 Å². The van der Waals surface area contributed by atoms with E-state index in [4.69, 9.17) is 4.74 Å². The van der Waals surface area contributed by atoms with Crippen LogP contribution >= 0.6 is 0 Å². The highest BCUT2D eigenvalue weighted by atomic mass is 16.5. The Kier molecular flexibility index (Phi) is 5.89. The van der Waals surface area contributed by atoms with Gasteiger partial charge in [-0.3, -0.25) is 9.59 Å². The second kappa shape index (κ2) is 8.73. The number of benzene rings is 1. The smallest absolute Gasteiger partial charge is 0.227 e. The van der Waals surface area contributed by atoms with Gasteiger partial charge in [0.15, 0.2) is 0 Å². The van der Waals surface area contributed by atoms with Gasteiger partial charge in [-0.05, 0) is 12.5 Å². The van der Waals surface area contributed by atoms with Gasteiger partial charge in [-0.15, -0.1) is 5.10 Å². The first-order valence-electron chi connectivity index (χ1n) is 10.2. The van der Waals surface area contributed by atoms with E-state index in [0.29, 0.717) is 65.2 Å². The van der Waals surface area contributed by atoms with Gasteiger partial charge in [0.2, 0.25) is 11.8 Å². The zero-order chi connectivity index (χ0) is 20.2. The molecule has 154 valence electrons. The Morgan fingerprint density at radius 2 is 1.90 bits per heavy atom. The van der Waals surface area contributed by atoms with E-state index in [1.54, 1.807) is 0 Å². The number of amides is 2. The molecule has 0 bridgehead atoms. The number of rotatable bonds is 5. The van der Waals surface area contributed by atoms with E-state index in [1.165, 1.54) is 0 Å². The summed E-state index contributed by atoms with van der Waals surface area (Å²) in [5.41, 5.74) is 3.95. The molecule has 0 unspecified atom stereocenters. The summed E-state index contributed by atoms with van der Waals surface area (Å²) in [7, 11) is 0. The van der Waals surface area contributed by atoms with E-state index in [9.17, 15) is 9.59 Å². The third-order valence-electron chi connectivity index (χ3n) is 5.57. The van der Waals surface area contributed by atoms with Gasteiger partial charge in [-0.25, -0.2) is 4.68 Å². The van der Waals surface area contributed by atoms with E-state index in [0.717, 1.165) is 22.5 Å². The van der Waals surface area contributed by atoms with Crippen LogP contribution in [-0.4, -0.2) is 69.5 Å². The lowest BCUT2D eigenvalue weighted by Crippen LogP contribution is -2.41. The van der Waals surface area contributed by atoms with Gasteiger partial charge in [0.1, 0.15) is 0 Å². The van der Waals surface area contributed by atoms with Crippen LogP contribution in [-0.2, 0) is 40.3 Å². The largest absolute Gasteiger partial charge is 0.378 e. The maximum Gasteiger partial charge on any atom is 0.227 e. The number of hydrogen-bond donors (Lipinski definition) is 0. The summed E-state index contributed by atoms with van der Waals surface area (Å²) in [5.74, 6) is 0.233. The van der Waals surface area contributed by atoms with Crippen LogP contribution in [0.5, 0.6) is 0 Å². The number of nitrogens with zero attached hydrogens (tertiary/aromatic N) is 5. The zero-order valence-electron chi connectivity index (χ0n) is 16.8. The first kappa shape index (κ1) is 19.6. The Morgan fingerprint density at radius 3 is 2.69 bits per heavy atom. The molecule has 2 amide bonds. The fraction of sp³-hybridized carbons (Fsp3) is 0.524. The van der Waals surface area contributed by atoms with E-state index < -0.39 is 0 Å². The number of ether oxygens (including phenoxy) is 1. The topological polar surface area (TPSA) is 80.6 Å². The summed E-state index contributed by atoms with van der Waals surface area (Å²) in [6.07, 6.45) is 1.35. The molecule has 0 atom stereocenters. The second-order valence-electron chi connectivity index (χ2n) is 7.68. The molecule has 0 saturated carbocycles. The highest BCUT2D eigenvalue weighted by molar-refractivity contribution is 5.79. The molecule has 8 heteroatoms. The number of morpholine rings is 1. The number of aryl methyl sites for hydroxylation is 2. The fourth-order valence-electron chi connectivity index (χ4n) is 3.91. The normalized spacial score (nSPS) is 16.6. The maximum atomic E-state index is 12.8. The fourth-order valence-corrected chi connectivity index (χ4v) is 3.91. The molecule has 4 rings (SSSR count). The molecule has 3 heterocycles. The second-order valence-corrected chi connectivity index (χ2v) is 7.68. The summed E-state index contributed by atoms with van der Waals surface area (Å²) in [4.78, 5) is 28.9. The third-order valence-corrected chi connectivity index (χ3v) is 5.57. The van der Waals surface area contributed by atoms with Gasteiger partial charge in [0, 0.05) is 32.5 Å². The van der Waals surface area contributed by atoms with Crippen molar-refractivity contribution in [3.8, 4) is 0 Å². The molecule has 2 aliphatic rings. The molecule has 2 aromatic rings. The predicted molar refractivity (Wildman–Crippen MR) is 106 cm³/mol. The summed E-state index contributed by atoms with van der Waals surface area (Å²) in [5, 5.41) is 8.50. The Morgan fingerprint density at radius 1 is 1.07 bits per heavy atom. The highest BCUT2D eigenvalue weighted by Gasteiger charge is 2.26. The summed E-state index contributed by atoms with van der Waals surface area (Å²) in [6.45, 7) is 6.31. The van der Waals surface area contributed by atoms with Gasteiger partial charge < -0.3 is 14.5 Å². The van der Waals surface area contributed by atoms with E-state index >= 15 is 0 Å². The molecule has 2 aliphatic heterocycles. The van der Waals surface area contributed by atoms with Crippen LogP contribution in [0, 0.1) is 6.92 Å². The van der Waals surface area contributed by atoms with Crippen molar-refractivity contribution in [1.82, 2.24) is 24.8 Å². The Bertz CT molecular complexity index is 888. The van der Waals surface area contributed by atoms with Crippen molar-refractivity contribution in [2.75, 3.05) is 32.8 Å². The van der Waals surface area contributed by atoms with Crippen molar-refractivity contribution < 1.29 is 14.3 Å². The molecule has 1 aromatic heterocycles. The zero-order valence-corrected chi connectivity index (χ0v) is 16.8. The van der Waals surface area contributed by atoms with E-state index in [-0.39, 0.29) is 11.8 Å². The lowest BCUT2D eigenvalue weighted by atomic mass is 10.1. The SMILES string of the molecule is Cc1cccc(CC(=O)N2CCn3nnc(CCC(=O)N4CCOCC4)c3C2)c1. The molecular formula is C21H27N5O3.